The maximum atomic E-state index is 13.3. The van der Waals surface area contributed by atoms with Gasteiger partial charge in [-0.25, -0.2) is 9.18 Å². The molecule has 0 saturated carbocycles. The molecule has 0 atom stereocenters. The van der Waals surface area contributed by atoms with Gasteiger partial charge in [-0.05, 0) is 30.7 Å². The first kappa shape index (κ1) is 16.5. The molecular formula is C17H16FNO4. The van der Waals surface area contributed by atoms with Gasteiger partial charge in [-0.2, -0.15) is 0 Å². The van der Waals surface area contributed by atoms with Crippen LogP contribution in [0, 0.1) is 12.7 Å². The van der Waals surface area contributed by atoms with Gasteiger partial charge in [-0.15, -0.1) is 0 Å². The third-order valence-electron chi connectivity index (χ3n) is 2.97. The summed E-state index contributed by atoms with van der Waals surface area (Å²) in [6.07, 6.45) is 0. The molecule has 2 aromatic carbocycles. The van der Waals surface area contributed by atoms with E-state index in [1.165, 1.54) is 18.2 Å². The number of esters is 1. The highest BCUT2D eigenvalue weighted by Crippen LogP contribution is 2.15. The van der Waals surface area contributed by atoms with Gasteiger partial charge in [0, 0.05) is 5.69 Å². The summed E-state index contributed by atoms with van der Waals surface area (Å²) < 4.78 is 23.1. The number of anilines is 1. The number of rotatable bonds is 6. The van der Waals surface area contributed by atoms with Crippen LogP contribution in [0.3, 0.4) is 0 Å². The van der Waals surface area contributed by atoms with Crippen LogP contribution in [0.1, 0.15) is 5.56 Å². The van der Waals surface area contributed by atoms with Crippen molar-refractivity contribution in [1.82, 2.24) is 0 Å². The fraction of sp³-hybridized carbons (Fsp3) is 0.176. The number of para-hydroxylation sites is 2. The van der Waals surface area contributed by atoms with Crippen LogP contribution < -0.4 is 10.1 Å². The molecule has 5 nitrogen and oxygen atoms in total. The lowest BCUT2D eigenvalue weighted by molar-refractivity contribution is -0.149. The first-order valence-electron chi connectivity index (χ1n) is 6.94. The summed E-state index contributed by atoms with van der Waals surface area (Å²) in [6.45, 7) is 0.941. The summed E-state index contributed by atoms with van der Waals surface area (Å²) in [5.74, 6) is -1.84. The number of aryl methyl sites for hydroxylation is 1. The van der Waals surface area contributed by atoms with Crippen LogP contribution >= 0.6 is 0 Å². The minimum atomic E-state index is -0.756. The van der Waals surface area contributed by atoms with E-state index in [0.29, 0.717) is 5.69 Å². The zero-order chi connectivity index (χ0) is 16.7. The van der Waals surface area contributed by atoms with Gasteiger partial charge in [-0.3, -0.25) is 4.79 Å². The minimum absolute atomic E-state index is 0.0474. The fourth-order valence-corrected chi connectivity index (χ4v) is 1.79. The number of benzene rings is 2. The first-order valence-corrected chi connectivity index (χ1v) is 6.94. The Hall–Kier alpha value is -2.89. The number of nitrogens with one attached hydrogen (secondary N) is 1. The molecule has 0 heterocycles. The Balaban J connectivity index is 1.75. The summed E-state index contributed by atoms with van der Waals surface area (Å²) in [7, 11) is 0. The second kappa shape index (κ2) is 7.93. The fourth-order valence-electron chi connectivity index (χ4n) is 1.79. The normalized spacial score (nSPS) is 10.0. The Bertz CT molecular complexity index is 702. The summed E-state index contributed by atoms with van der Waals surface area (Å²) in [5, 5.41) is 2.63. The van der Waals surface area contributed by atoms with E-state index in [0.717, 1.165) is 5.56 Å². The van der Waals surface area contributed by atoms with Crippen molar-refractivity contribution in [3.63, 3.8) is 0 Å². The Morgan fingerprint density at radius 1 is 1.04 bits per heavy atom. The first-order chi connectivity index (χ1) is 11.1. The van der Waals surface area contributed by atoms with Crippen molar-refractivity contribution in [3.05, 3.63) is 59.9 Å². The van der Waals surface area contributed by atoms with Gasteiger partial charge in [-0.1, -0.05) is 30.3 Å². The van der Waals surface area contributed by atoms with Crippen molar-refractivity contribution in [3.8, 4) is 5.75 Å². The zero-order valence-electron chi connectivity index (χ0n) is 12.5. The highest BCUT2D eigenvalue weighted by atomic mass is 19.1. The summed E-state index contributed by atoms with van der Waals surface area (Å²) in [6, 6.07) is 12.9. The van der Waals surface area contributed by atoms with E-state index in [-0.39, 0.29) is 5.75 Å². The quantitative estimate of drug-likeness (QED) is 0.832. The van der Waals surface area contributed by atoms with Gasteiger partial charge in [0.15, 0.2) is 24.8 Å². The number of hydrogen-bond donors (Lipinski definition) is 1. The number of hydrogen-bond acceptors (Lipinski definition) is 4. The SMILES string of the molecule is Cc1ccccc1NC(=O)COC(=O)COc1ccccc1F. The molecule has 0 spiro atoms. The van der Waals surface area contributed by atoms with E-state index >= 15 is 0 Å². The van der Waals surface area contributed by atoms with Gasteiger partial charge in [0.25, 0.3) is 5.91 Å². The van der Waals surface area contributed by atoms with E-state index in [2.05, 4.69) is 5.32 Å². The Kier molecular flexibility index (Phi) is 5.68. The lowest BCUT2D eigenvalue weighted by atomic mass is 10.2. The number of halogens is 1. The number of amides is 1. The molecule has 120 valence electrons. The maximum Gasteiger partial charge on any atom is 0.344 e. The molecule has 0 aromatic heterocycles. The predicted molar refractivity (Wildman–Crippen MR) is 82.7 cm³/mol. The van der Waals surface area contributed by atoms with Crippen LogP contribution in [0.4, 0.5) is 10.1 Å². The summed E-state index contributed by atoms with van der Waals surface area (Å²) in [5.41, 5.74) is 1.55. The molecule has 0 unspecified atom stereocenters. The van der Waals surface area contributed by atoms with Crippen LogP contribution in [0.5, 0.6) is 5.75 Å². The largest absolute Gasteiger partial charge is 0.479 e. The lowest BCUT2D eigenvalue weighted by Crippen LogP contribution is -2.24. The van der Waals surface area contributed by atoms with Crippen molar-refractivity contribution >= 4 is 17.6 Å². The number of ether oxygens (including phenoxy) is 2. The van der Waals surface area contributed by atoms with Gasteiger partial charge in [0.2, 0.25) is 0 Å². The van der Waals surface area contributed by atoms with Crippen molar-refractivity contribution in [2.45, 2.75) is 6.92 Å². The summed E-state index contributed by atoms with van der Waals surface area (Å²) >= 11 is 0. The van der Waals surface area contributed by atoms with E-state index in [9.17, 15) is 14.0 Å². The third kappa shape index (κ3) is 5.10. The molecule has 0 aliphatic heterocycles. The van der Waals surface area contributed by atoms with E-state index in [4.69, 9.17) is 9.47 Å². The maximum absolute atomic E-state index is 13.3. The van der Waals surface area contributed by atoms with Gasteiger partial charge < -0.3 is 14.8 Å². The van der Waals surface area contributed by atoms with Crippen LogP contribution in [-0.2, 0) is 14.3 Å². The second-order valence-corrected chi connectivity index (χ2v) is 4.74. The highest BCUT2D eigenvalue weighted by molar-refractivity contribution is 5.93. The average molecular weight is 317 g/mol. The molecule has 0 fully saturated rings. The highest BCUT2D eigenvalue weighted by Gasteiger charge is 2.10. The molecule has 1 N–H and O–H groups in total. The minimum Gasteiger partial charge on any atom is -0.479 e. The zero-order valence-corrected chi connectivity index (χ0v) is 12.5. The van der Waals surface area contributed by atoms with Crippen molar-refractivity contribution in [2.24, 2.45) is 0 Å². The lowest BCUT2D eigenvalue weighted by Gasteiger charge is -2.09. The molecule has 0 aliphatic carbocycles. The van der Waals surface area contributed by atoms with Gasteiger partial charge >= 0.3 is 5.97 Å². The molecule has 0 saturated heterocycles. The number of carbonyl (C=O) groups excluding carboxylic acids is 2. The van der Waals surface area contributed by atoms with E-state index in [1.807, 2.05) is 19.1 Å². The van der Waals surface area contributed by atoms with Crippen molar-refractivity contribution in [2.75, 3.05) is 18.5 Å². The summed E-state index contributed by atoms with van der Waals surface area (Å²) in [4.78, 5) is 23.2. The molecule has 0 aliphatic rings. The van der Waals surface area contributed by atoms with Gasteiger partial charge in [0.05, 0.1) is 0 Å². The van der Waals surface area contributed by atoms with E-state index < -0.39 is 30.9 Å². The monoisotopic (exact) mass is 317 g/mol. The molecular weight excluding hydrogens is 301 g/mol. The average Bonchev–Trinajstić information content (AvgIpc) is 2.54. The number of carbonyl (C=O) groups is 2. The predicted octanol–water partition coefficient (Wildman–Crippen LogP) is 2.69. The van der Waals surface area contributed by atoms with Crippen LogP contribution in [0.15, 0.2) is 48.5 Å². The molecule has 23 heavy (non-hydrogen) atoms. The standard InChI is InChI=1S/C17H16FNO4/c1-12-6-2-4-8-14(12)19-16(20)10-23-17(21)11-22-15-9-5-3-7-13(15)18/h2-9H,10-11H2,1H3,(H,19,20). The molecule has 0 bridgehead atoms. The third-order valence-corrected chi connectivity index (χ3v) is 2.97. The molecule has 0 radical (unpaired) electrons. The molecule has 2 aromatic rings. The van der Waals surface area contributed by atoms with Crippen LogP contribution in [0.2, 0.25) is 0 Å². The topological polar surface area (TPSA) is 64.6 Å². The smallest absolute Gasteiger partial charge is 0.344 e. The van der Waals surface area contributed by atoms with E-state index in [1.54, 1.807) is 18.2 Å². The molecule has 1 amide bonds. The van der Waals surface area contributed by atoms with Gasteiger partial charge in [0.1, 0.15) is 0 Å². The van der Waals surface area contributed by atoms with Crippen molar-refractivity contribution < 1.29 is 23.5 Å². The Morgan fingerprint density at radius 3 is 2.48 bits per heavy atom. The molecule has 6 heteroatoms. The van der Waals surface area contributed by atoms with Crippen molar-refractivity contribution in [1.29, 1.82) is 0 Å². The Morgan fingerprint density at radius 2 is 1.74 bits per heavy atom. The van der Waals surface area contributed by atoms with Crippen LogP contribution in [-0.4, -0.2) is 25.1 Å². The Labute approximate surface area is 133 Å². The van der Waals surface area contributed by atoms with Crippen LogP contribution in [0.25, 0.3) is 0 Å². The molecule has 2 rings (SSSR count). The second-order valence-electron chi connectivity index (χ2n) is 4.74.